The van der Waals surface area contributed by atoms with Gasteiger partial charge in [0.15, 0.2) is 0 Å². The first-order valence-electron chi connectivity index (χ1n) is 3.54. The van der Waals surface area contributed by atoms with Crippen molar-refractivity contribution in [1.82, 2.24) is 10.0 Å². The molecular weight excluding hydrogens is 163 g/mol. The van der Waals surface area contributed by atoms with Crippen molar-refractivity contribution in [2.75, 3.05) is 6.61 Å². The predicted molar refractivity (Wildman–Crippen MR) is 39.4 cm³/mol. The van der Waals surface area contributed by atoms with E-state index in [2.05, 4.69) is 9.84 Å². The van der Waals surface area contributed by atoms with E-state index in [1.807, 2.05) is 0 Å². The van der Waals surface area contributed by atoms with Crippen molar-refractivity contribution in [3.8, 4) is 0 Å². The molecule has 0 spiro atoms. The fourth-order valence-electron chi connectivity index (χ4n) is 0.797. The lowest BCUT2D eigenvalue weighted by Gasteiger charge is -1.98. The molecule has 0 radical (unpaired) electrons. The Labute approximate surface area is 68.9 Å². The van der Waals surface area contributed by atoms with Crippen molar-refractivity contribution in [1.29, 1.82) is 0 Å². The minimum absolute atomic E-state index is 0.145. The van der Waals surface area contributed by atoms with Crippen LogP contribution < -0.4 is 0 Å². The molecule has 0 N–H and O–H groups in total. The van der Waals surface area contributed by atoms with Gasteiger partial charge in [0, 0.05) is 0 Å². The minimum atomic E-state index is -0.543. The number of esters is 1. The fourth-order valence-corrected chi connectivity index (χ4v) is 0.797. The largest absolute Gasteiger partial charge is 0.462 e. The maximum absolute atomic E-state index is 12.5. The lowest BCUT2D eigenvalue weighted by Crippen LogP contribution is -2.05. The summed E-state index contributed by atoms with van der Waals surface area (Å²) >= 11 is 0. The van der Waals surface area contributed by atoms with E-state index in [1.54, 1.807) is 6.92 Å². The van der Waals surface area contributed by atoms with E-state index in [4.69, 9.17) is 0 Å². The molecule has 0 fully saturated rings. The average Bonchev–Trinajstić information content (AvgIpc) is 2.34. The zero-order valence-corrected chi connectivity index (χ0v) is 6.87. The van der Waals surface area contributed by atoms with Crippen LogP contribution in [0, 0.1) is 6.92 Å². The van der Waals surface area contributed by atoms with E-state index in [1.165, 1.54) is 6.92 Å². The Hall–Kier alpha value is -1.39. The molecule has 0 bridgehead atoms. The summed E-state index contributed by atoms with van der Waals surface area (Å²) in [6.45, 7) is 3.42. The Morgan fingerprint density at radius 2 is 2.50 bits per heavy atom. The van der Waals surface area contributed by atoms with Crippen LogP contribution in [0.15, 0.2) is 6.20 Å². The van der Waals surface area contributed by atoms with Gasteiger partial charge in [0.1, 0.15) is 5.56 Å². The highest BCUT2D eigenvalue weighted by Crippen LogP contribution is 2.08. The summed E-state index contributed by atoms with van der Waals surface area (Å²) in [5.74, 6) is -0.543. The van der Waals surface area contributed by atoms with Crippen LogP contribution in [0.3, 0.4) is 0 Å². The second kappa shape index (κ2) is 3.34. The molecule has 0 aromatic carbocycles. The number of halogens is 1. The molecule has 0 atom stereocenters. The molecule has 1 aromatic heterocycles. The summed E-state index contributed by atoms with van der Waals surface area (Å²) in [5, 5.41) is 3.27. The lowest BCUT2D eigenvalue weighted by atomic mass is 10.3. The molecule has 66 valence electrons. The second-order valence-corrected chi connectivity index (χ2v) is 2.22. The number of aromatic nitrogens is 2. The number of hydrogen-bond donors (Lipinski definition) is 0. The van der Waals surface area contributed by atoms with Crippen LogP contribution in [0.5, 0.6) is 0 Å². The van der Waals surface area contributed by atoms with Crippen molar-refractivity contribution in [2.24, 2.45) is 0 Å². The summed E-state index contributed by atoms with van der Waals surface area (Å²) in [5.41, 5.74) is 0.327. The Balaban J connectivity index is 2.88. The first kappa shape index (κ1) is 8.70. The summed E-state index contributed by atoms with van der Waals surface area (Å²) in [4.78, 5) is 11.2. The third-order valence-corrected chi connectivity index (χ3v) is 1.45. The summed E-state index contributed by atoms with van der Waals surface area (Å²) < 4.78 is 17.2. The second-order valence-electron chi connectivity index (χ2n) is 2.22. The Kier molecular flexibility index (Phi) is 2.42. The van der Waals surface area contributed by atoms with Gasteiger partial charge in [-0.15, -0.1) is 5.10 Å². The van der Waals surface area contributed by atoms with E-state index in [-0.39, 0.29) is 22.8 Å². The van der Waals surface area contributed by atoms with E-state index in [9.17, 15) is 9.28 Å². The molecular formula is C7H9FN2O2. The first-order valence-corrected chi connectivity index (χ1v) is 3.54. The molecule has 0 aliphatic heterocycles. The molecule has 0 amide bonds. The quantitative estimate of drug-likeness (QED) is 0.627. The summed E-state index contributed by atoms with van der Waals surface area (Å²) in [7, 11) is 0. The molecule has 12 heavy (non-hydrogen) atoms. The van der Waals surface area contributed by atoms with Gasteiger partial charge in [0.2, 0.25) is 0 Å². The van der Waals surface area contributed by atoms with Crippen LogP contribution in [0.2, 0.25) is 0 Å². The summed E-state index contributed by atoms with van der Waals surface area (Å²) in [6, 6.07) is 0. The van der Waals surface area contributed by atoms with E-state index >= 15 is 0 Å². The normalized spacial score (nSPS) is 9.92. The SMILES string of the molecule is CCOC(=O)c1cnn(F)c1C. The zero-order valence-electron chi connectivity index (χ0n) is 6.87. The van der Waals surface area contributed by atoms with Crippen LogP contribution in [-0.4, -0.2) is 22.6 Å². The maximum Gasteiger partial charge on any atom is 0.341 e. The third kappa shape index (κ3) is 1.44. The molecule has 1 rings (SSSR count). The molecule has 0 aliphatic carbocycles. The van der Waals surface area contributed by atoms with Gasteiger partial charge in [-0.2, -0.15) is 0 Å². The smallest absolute Gasteiger partial charge is 0.341 e. The van der Waals surface area contributed by atoms with Gasteiger partial charge in [0.25, 0.3) is 0 Å². The van der Waals surface area contributed by atoms with Crippen LogP contribution in [-0.2, 0) is 4.74 Å². The van der Waals surface area contributed by atoms with E-state index in [0.717, 1.165) is 6.20 Å². The van der Waals surface area contributed by atoms with Gasteiger partial charge in [-0.25, -0.2) is 4.79 Å². The van der Waals surface area contributed by atoms with Gasteiger partial charge in [-0.05, 0) is 13.8 Å². The van der Waals surface area contributed by atoms with E-state index in [0.29, 0.717) is 0 Å². The van der Waals surface area contributed by atoms with Crippen molar-refractivity contribution in [3.05, 3.63) is 17.5 Å². The van der Waals surface area contributed by atoms with Gasteiger partial charge < -0.3 is 4.74 Å². The Morgan fingerprint density at radius 3 is 2.92 bits per heavy atom. The van der Waals surface area contributed by atoms with Crippen LogP contribution >= 0.6 is 0 Å². The number of hydrogen-bond acceptors (Lipinski definition) is 3. The highest BCUT2D eigenvalue weighted by atomic mass is 19.2. The Morgan fingerprint density at radius 1 is 1.83 bits per heavy atom. The number of nitrogens with zero attached hydrogens (tertiary/aromatic N) is 2. The third-order valence-electron chi connectivity index (χ3n) is 1.45. The minimum Gasteiger partial charge on any atom is -0.462 e. The Bertz CT molecular complexity index is 296. The molecule has 1 aromatic rings. The van der Waals surface area contributed by atoms with Crippen molar-refractivity contribution < 1.29 is 14.0 Å². The molecule has 5 heteroatoms. The zero-order chi connectivity index (χ0) is 9.14. The standard InChI is InChI=1S/C7H9FN2O2/c1-3-12-7(11)6-4-9-10(8)5(6)2/h4H,3H2,1-2H3. The lowest BCUT2D eigenvalue weighted by molar-refractivity contribution is 0.0524. The van der Waals surface area contributed by atoms with Crippen LogP contribution in [0.25, 0.3) is 0 Å². The summed E-state index contributed by atoms with van der Waals surface area (Å²) in [6.07, 6.45) is 1.15. The molecule has 0 unspecified atom stereocenters. The number of ether oxygens (including phenoxy) is 1. The van der Waals surface area contributed by atoms with Crippen molar-refractivity contribution >= 4 is 5.97 Å². The monoisotopic (exact) mass is 172 g/mol. The topological polar surface area (TPSA) is 44.1 Å². The predicted octanol–water partition coefficient (Wildman–Crippen LogP) is 1.10. The van der Waals surface area contributed by atoms with Crippen molar-refractivity contribution in [2.45, 2.75) is 13.8 Å². The highest BCUT2D eigenvalue weighted by Gasteiger charge is 2.14. The van der Waals surface area contributed by atoms with Crippen LogP contribution in [0.4, 0.5) is 4.48 Å². The molecule has 4 nitrogen and oxygen atoms in total. The fraction of sp³-hybridized carbons (Fsp3) is 0.429. The first-order chi connectivity index (χ1) is 5.66. The molecule has 1 heterocycles. The van der Waals surface area contributed by atoms with Crippen LogP contribution in [0.1, 0.15) is 23.0 Å². The number of carbonyl (C=O) groups excluding carboxylic acids is 1. The number of rotatable bonds is 2. The highest BCUT2D eigenvalue weighted by molar-refractivity contribution is 5.90. The van der Waals surface area contributed by atoms with Gasteiger partial charge in [-0.3, -0.25) is 0 Å². The molecule has 0 saturated heterocycles. The molecule has 0 saturated carbocycles. The average molecular weight is 172 g/mol. The van der Waals surface area contributed by atoms with Crippen molar-refractivity contribution in [3.63, 3.8) is 0 Å². The number of carbonyl (C=O) groups is 1. The van der Waals surface area contributed by atoms with Gasteiger partial charge >= 0.3 is 5.97 Å². The molecule has 0 aliphatic rings. The van der Waals surface area contributed by atoms with E-state index < -0.39 is 5.97 Å². The van der Waals surface area contributed by atoms with Gasteiger partial charge in [0.05, 0.1) is 18.5 Å². The maximum atomic E-state index is 12.5. The van der Waals surface area contributed by atoms with Gasteiger partial charge in [-0.1, -0.05) is 9.39 Å².